The smallest absolute Gasteiger partial charge is 0.233 e. The number of rotatable bonds is 4. The van der Waals surface area contributed by atoms with Gasteiger partial charge in [0.25, 0.3) is 0 Å². The van der Waals surface area contributed by atoms with Gasteiger partial charge in [0.1, 0.15) is 5.75 Å². The van der Waals surface area contributed by atoms with E-state index in [0.717, 1.165) is 50.0 Å². The molecule has 2 aliphatic rings. The summed E-state index contributed by atoms with van der Waals surface area (Å²) in [5.41, 5.74) is 6.64. The van der Waals surface area contributed by atoms with Crippen molar-refractivity contribution in [2.24, 2.45) is 11.7 Å². The molecule has 1 saturated heterocycles. The van der Waals surface area contributed by atoms with Crippen molar-refractivity contribution >= 4 is 18.3 Å². The van der Waals surface area contributed by atoms with Crippen LogP contribution >= 0.6 is 12.4 Å². The van der Waals surface area contributed by atoms with Gasteiger partial charge >= 0.3 is 0 Å². The Morgan fingerprint density at radius 3 is 2.42 bits per heavy atom. The van der Waals surface area contributed by atoms with Crippen LogP contribution in [0.2, 0.25) is 0 Å². The third-order valence-corrected chi connectivity index (χ3v) is 5.76. The Morgan fingerprint density at radius 1 is 1.29 bits per heavy atom. The van der Waals surface area contributed by atoms with Crippen LogP contribution in [0.25, 0.3) is 0 Å². The Kier molecular flexibility index (Phi) is 6.16. The molecule has 1 amide bonds. The summed E-state index contributed by atoms with van der Waals surface area (Å²) in [6.45, 7) is 3.64. The van der Waals surface area contributed by atoms with Gasteiger partial charge in [-0.1, -0.05) is 25.0 Å². The number of nitrogens with two attached hydrogens (primary N) is 1. The highest BCUT2D eigenvalue weighted by Crippen LogP contribution is 2.44. The molecule has 1 saturated carbocycles. The molecule has 1 aliphatic carbocycles. The van der Waals surface area contributed by atoms with Gasteiger partial charge in [-0.2, -0.15) is 0 Å². The summed E-state index contributed by atoms with van der Waals surface area (Å²) in [7, 11) is 1.67. The Hall–Kier alpha value is -1.26. The van der Waals surface area contributed by atoms with E-state index < -0.39 is 0 Å². The highest BCUT2D eigenvalue weighted by molar-refractivity contribution is 5.89. The molecule has 24 heavy (non-hydrogen) atoms. The summed E-state index contributed by atoms with van der Waals surface area (Å²) in [5, 5.41) is 0. The van der Waals surface area contributed by atoms with Gasteiger partial charge in [-0.3, -0.25) is 4.79 Å². The van der Waals surface area contributed by atoms with Crippen LogP contribution in [-0.4, -0.2) is 37.0 Å². The van der Waals surface area contributed by atoms with Crippen molar-refractivity contribution in [3.63, 3.8) is 0 Å². The van der Waals surface area contributed by atoms with E-state index in [2.05, 4.69) is 24.0 Å². The molecule has 0 spiro atoms. The number of ether oxygens (including phenoxy) is 1. The fraction of sp³-hybridized carbons (Fsp3) is 0.632. The highest BCUT2D eigenvalue weighted by atomic mass is 35.5. The zero-order chi connectivity index (χ0) is 16.4. The average Bonchev–Trinajstić information content (AvgIpc) is 3.22. The number of amides is 1. The van der Waals surface area contributed by atoms with Crippen molar-refractivity contribution < 1.29 is 9.53 Å². The maximum atomic E-state index is 13.5. The summed E-state index contributed by atoms with van der Waals surface area (Å²) in [6.07, 6.45) is 5.19. The molecule has 0 bridgehead atoms. The van der Waals surface area contributed by atoms with Crippen LogP contribution in [0.4, 0.5) is 0 Å². The molecular weight excluding hydrogens is 324 g/mol. The Labute approximate surface area is 151 Å². The molecule has 3 rings (SSSR count). The first-order valence-electron chi connectivity index (χ1n) is 8.76. The topological polar surface area (TPSA) is 55.6 Å². The second-order valence-electron chi connectivity index (χ2n) is 7.16. The number of halogens is 1. The van der Waals surface area contributed by atoms with E-state index in [1.807, 2.05) is 12.1 Å². The van der Waals surface area contributed by atoms with E-state index in [-0.39, 0.29) is 17.8 Å². The van der Waals surface area contributed by atoms with Crippen molar-refractivity contribution in [2.45, 2.75) is 50.5 Å². The predicted molar refractivity (Wildman–Crippen MR) is 98.7 cm³/mol. The summed E-state index contributed by atoms with van der Waals surface area (Å²) in [6, 6.07) is 8.39. The van der Waals surface area contributed by atoms with Gasteiger partial charge in [0.15, 0.2) is 0 Å². The lowest BCUT2D eigenvalue weighted by atomic mass is 9.77. The maximum Gasteiger partial charge on any atom is 0.233 e. The van der Waals surface area contributed by atoms with Crippen molar-refractivity contribution in [3.8, 4) is 5.75 Å². The number of hydrogen-bond acceptors (Lipinski definition) is 3. The minimum Gasteiger partial charge on any atom is -0.497 e. The first kappa shape index (κ1) is 19.1. The van der Waals surface area contributed by atoms with E-state index >= 15 is 0 Å². The SMILES string of the molecule is COc1ccc(C2(C(=O)N3CC(CN)CC3C)CCCC2)cc1.Cl. The van der Waals surface area contributed by atoms with Crippen LogP contribution in [0.1, 0.15) is 44.6 Å². The van der Waals surface area contributed by atoms with Crippen LogP contribution in [0.15, 0.2) is 24.3 Å². The number of hydrogen-bond donors (Lipinski definition) is 1. The number of methoxy groups -OCH3 is 1. The third-order valence-electron chi connectivity index (χ3n) is 5.76. The van der Waals surface area contributed by atoms with Gasteiger partial charge in [-0.15, -0.1) is 12.4 Å². The van der Waals surface area contributed by atoms with E-state index in [1.54, 1.807) is 7.11 Å². The molecule has 1 aromatic rings. The molecule has 1 aliphatic heterocycles. The Bertz CT molecular complexity index is 555. The quantitative estimate of drug-likeness (QED) is 0.905. The number of likely N-dealkylation sites (tertiary alicyclic amines) is 1. The largest absolute Gasteiger partial charge is 0.497 e. The van der Waals surface area contributed by atoms with Crippen molar-refractivity contribution in [2.75, 3.05) is 20.2 Å². The predicted octanol–water partition coefficient (Wildman–Crippen LogP) is 3.12. The van der Waals surface area contributed by atoms with Gasteiger partial charge in [-0.05, 0) is 56.3 Å². The number of nitrogens with zero attached hydrogens (tertiary/aromatic N) is 1. The normalized spacial score (nSPS) is 25.4. The number of carbonyl (C=O) groups is 1. The molecule has 1 aromatic carbocycles. The molecule has 1 heterocycles. The van der Waals surface area contributed by atoms with Gasteiger partial charge in [0.05, 0.1) is 12.5 Å². The lowest BCUT2D eigenvalue weighted by Crippen LogP contribution is -2.47. The molecule has 4 nitrogen and oxygen atoms in total. The van der Waals surface area contributed by atoms with E-state index in [0.29, 0.717) is 24.4 Å². The first-order valence-corrected chi connectivity index (χ1v) is 8.76. The first-order chi connectivity index (χ1) is 11.1. The summed E-state index contributed by atoms with van der Waals surface area (Å²) < 4.78 is 5.26. The van der Waals surface area contributed by atoms with Crippen LogP contribution < -0.4 is 10.5 Å². The fourth-order valence-corrected chi connectivity index (χ4v) is 4.39. The lowest BCUT2D eigenvalue weighted by molar-refractivity contribution is -0.138. The number of benzene rings is 1. The van der Waals surface area contributed by atoms with E-state index in [4.69, 9.17) is 10.5 Å². The molecular formula is C19H29ClN2O2. The van der Waals surface area contributed by atoms with E-state index in [1.165, 1.54) is 0 Å². The second-order valence-corrected chi connectivity index (χ2v) is 7.16. The standard InChI is InChI=1S/C19H28N2O2.ClH/c1-14-11-15(12-20)13-21(14)18(22)19(9-3-4-10-19)16-5-7-17(23-2)8-6-16;/h5-8,14-15H,3-4,9-13,20H2,1-2H3;1H. The molecule has 0 aromatic heterocycles. The zero-order valence-corrected chi connectivity index (χ0v) is 15.5. The zero-order valence-electron chi connectivity index (χ0n) is 14.7. The monoisotopic (exact) mass is 352 g/mol. The van der Waals surface area contributed by atoms with E-state index in [9.17, 15) is 4.79 Å². The highest BCUT2D eigenvalue weighted by Gasteiger charge is 2.47. The molecule has 2 atom stereocenters. The fourth-order valence-electron chi connectivity index (χ4n) is 4.39. The molecule has 134 valence electrons. The van der Waals surface area contributed by atoms with Gasteiger partial charge in [-0.25, -0.2) is 0 Å². The van der Waals surface area contributed by atoms with Crippen LogP contribution in [-0.2, 0) is 10.2 Å². The van der Waals surface area contributed by atoms with Crippen molar-refractivity contribution in [1.82, 2.24) is 4.90 Å². The lowest BCUT2D eigenvalue weighted by Gasteiger charge is -2.35. The minimum atomic E-state index is -0.343. The molecule has 2 unspecified atom stereocenters. The van der Waals surface area contributed by atoms with Crippen LogP contribution in [0, 0.1) is 5.92 Å². The molecule has 0 radical (unpaired) electrons. The van der Waals surface area contributed by atoms with Gasteiger partial charge in [0.2, 0.25) is 5.91 Å². The molecule has 5 heteroatoms. The Balaban J connectivity index is 0.00000208. The van der Waals surface area contributed by atoms with Crippen molar-refractivity contribution in [1.29, 1.82) is 0 Å². The van der Waals surface area contributed by atoms with Gasteiger partial charge in [0, 0.05) is 12.6 Å². The summed E-state index contributed by atoms with van der Waals surface area (Å²) in [4.78, 5) is 15.5. The Morgan fingerprint density at radius 2 is 1.92 bits per heavy atom. The van der Waals surface area contributed by atoms with Crippen LogP contribution in [0.5, 0.6) is 5.75 Å². The summed E-state index contributed by atoms with van der Waals surface area (Å²) >= 11 is 0. The number of carbonyl (C=O) groups excluding carboxylic acids is 1. The summed E-state index contributed by atoms with van der Waals surface area (Å²) in [5.74, 6) is 1.60. The minimum absolute atomic E-state index is 0. The second kappa shape index (κ2) is 7.75. The molecule has 2 N–H and O–H groups in total. The average molecular weight is 353 g/mol. The molecule has 2 fully saturated rings. The van der Waals surface area contributed by atoms with Gasteiger partial charge < -0.3 is 15.4 Å². The van der Waals surface area contributed by atoms with Crippen LogP contribution in [0.3, 0.4) is 0 Å². The van der Waals surface area contributed by atoms with Crippen molar-refractivity contribution in [3.05, 3.63) is 29.8 Å². The maximum absolute atomic E-state index is 13.5. The third kappa shape index (κ3) is 3.27.